The van der Waals surface area contributed by atoms with E-state index in [1.807, 2.05) is 32.1 Å². The number of ether oxygens (including phenoxy) is 1. The lowest BCUT2D eigenvalue weighted by atomic mass is 10.0. The number of aldehydes is 1. The zero-order chi connectivity index (χ0) is 11.3. The highest BCUT2D eigenvalue weighted by atomic mass is 16.5. The molecule has 2 heteroatoms. The predicted octanol–water partition coefficient (Wildman–Crippen LogP) is 2.93. The minimum Gasteiger partial charge on any atom is -0.493 e. The maximum atomic E-state index is 10.7. The molecule has 80 valence electrons. The van der Waals surface area contributed by atoms with E-state index in [4.69, 9.17) is 4.74 Å². The first-order valence-electron chi connectivity index (χ1n) is 5.05. The van der Waals surface area contributed by atoms with Crippen molar-refractivity contribution in [2.75, 3.05) is 6.61 Å². The van der Waals surface area contributed by atoms with Crippen LogP contribution in [0.2, 0.25) is 0 Å². The molecule has 1 aromatic rings. The van der Waals surface area contributed by atoms with Crippen molar-refractivity contribution in [3.05, 3.63) is 41.5 Å². The first kappa shape index (κ1) is 11.5. The van der Waals surface area contributed by atoms with Crippen molar-refractivity contribution < 1.29 is 9.53 Å². The molecular formula is C13H16O2. The lowest BCUT2D eigenvalue weighted by molar-refractivity contribution is 0.112. The van der Waals surface area contributed by atoms with E-state index in [0.29, 0.717) is 12.2 Å². The molecule has 0 aliphatic heterocycles. The van der Waals surface area contributed by atoms with Gasteiger partial charge in [-0.05, 0) is 43.5 Å². The van der Waals surface area contributed by atoms with Crippen molar-refractivity contribution in [2.24, 2.45) is 0 Å². The Hall–Kier alpha value is -1.57. The number of carbonyl (C=O) groups is 1. The molecule has 0 heterocycles. The fourth-order valence-electron chi connectivity index (χ4n) is 1.60. The van der Waals surface area contributed by atoms with Crippen molar-refractivity contribution in [2.45, 2.75) is 20.3 Å². The largest absolute Gasteiger partial charge is 0.493 e. The van der Waals surface area contributed by atoms with Crippen LogP contribution in [0.5, 0.6) is 5.75 Å². The van der Waals surface area contributed by atoms with Gasteiger partial charge in [-0.15, -0.1) is 6.58 Å². The first-order valence-corrected chi connectivity index (χ1v) is 5.05. The number of hydrogen-bond acceptors (Lipinski definition) is 2. The molecule has 0 amide bonds. The topological polar surface area (TPSA) is 26.3 Å². The molecule has 1 rings (SSSR count). The van der Waals surface area contributed by atoms with Crippen molar-refractivity contribution in [3.63, 3.8) is 0 Å². The lowest BCUT2D eigenvalue weighted by Gasteiger charge is -2.12. The second kappa shape index (κ2) is 5.35. The van der Waals surface area contributed by atoms with Crippen LogP contribution in [-0.4, -0.2) is 12.9 Å². The summed E-state index contributed by atoms with van der Waals surface area (Å²) in [5.74, 6) is 0.878. The summed E-state index contributed by atoms with van der Waals surface area (Å²) in [6.45, 7) is 8.23. The summed E-state index contributed by atoms with van der Waals surface area (Å²) in [5.41, 5.74) is 2.71. The van der Waals surface area contributed by atoms with E-state index in [2.05, 4.69) is 6.58 Å². The van der Waals surface area contributed by atoms with Crippen LogP contribution in [0, 0.1) is 6.92 Å². The molecular weight excluding hydrogens is 188 g/mol. The normalized spacial score (nSPS) is 9.73. The van der Waals surface area contributed by atoms with E-state index in [0.717, 1.165) is 29.6 Å². The summed E-state index contributed by atoms with van der Waals surface area (Å²) in [6.07, 6.45) is 3.39. The van der Waals surface area contributed by atoms with E-state index < -0.39 is 0 Å². The van der Waals surface area contributed by atoms with E-state index in [9.17, 15) is 4.79 Å². The minimum atomic E-state index is 0.630. The molecule has 0 spiro atoms. The van der Waals surface area contributed by atoms with Crippen molar-refractivity contribution in [3.8, 4) is 5.75 Å². The van der Waals surface area contributed by atoms with Gasteiger partial charge in [0.15, 0.2) is 0 Å². The van der Waals surface area contributed by atoms with E-state index in [1.54, 1.807) is 0 Å². The summed E-state index contributed by atoms with van der Waals surface area (Å²) in [4.78, 5) is 10.7. The average Bonchev–Trinajstić information content (AvgIpc) is 2.23. The molecule has 0 aliphatic carbocycles. The fraction of sp³-hybridized carbons (Fsp3) is 0.308. The van der Waals surface area contributed by atoms with Gasteiger partial charge in [0, 0.05) is 5.56 Å². The Morgan fingerprint density at radius 3 is 2.73 bits per heavy atom. The molecule has 2 nitrogen and oxygen atoms in total. The SMILES string of the molecule is C=CCc1cc(C=O)cc(C)c1OCC. The third-order valence-electron chi connectivity index (χ3n) is 2.16. The van der Waals surface area contributed by atoms with Crippen LogP contribution in [0.15, 0.2) is 24.8 Å². The Kier molecular flexibility index (Phi) is 4.10. The number of rotatable bonds is 5. The van der Waals surface area contributed by atoms with Gasteiger partial charge in [-0.2, -0.15) is 0 Å². The Morgan fingerprint density at radius 1 is 1.47 bits per heavy atom. The van der Waals surface area contributed by atoms with Crippen LogP contribution >= 0.6 is 0 Å². The van der Waals surface area contributed by atoms with Gasteiger partial charge in [-0.25, -0.2) is 0 Å². The van der Waals surface area contributed by atoms with E-state index >= 15 is 0 Å². The van der Waals surface area contributed by atoms with E-state index in [-0.39, 0.29) is 0 Å². The molecule has 0 bridgehead atoms. The number of carbonyl (C=O) groups excluding carboxylic acids is 1. The molecule has 0 atom stereocenters. The quantitative estimate of drug-likeness (QED) is 0.544. The van der Waals surface area contributed by atoms with Gasteiger partial charge in [0.2, 0.25) is 0 Å². The second-order valence-electron chi connectivity index (χ2n) is 3.37. The van der Waals surface area contributed by atoms with Crippen molar-refractivity contribution in [1.29, 1.82) is 0 Å². The second-order valence-corrected chi connectivity index (χ2v) is 3.37. The van der Waals surface area contributed by atoms with Crippen LogP contribution in [0.25, 0.3) is 0 Å². The standard InChI is InChI=1S/C13H16O2/c1-4-6-12-8-11(9-14)7-10(3)13(12)15-5-2/h4,7-9H,1,5-6H2,2-3H3. The lowest BCUT2D eigenvalue weighted by Crippen LogP contribution is -2.00. The molecule has 15 heavy (non-hydrogen) atoms. The fourth-order valence-corrected chi connectivity index (χ4v) is 1.60. The van der Waals surface area contributed by atoms with Gasteiger partial charge >= 0.3 is 0 Å². The first-order chi connectivity index (χ1) is 7.22. The predicted molar refractivity (Wildman–Crippen MR) is 61.6 cm³/mol. The van der Waals surface area contributed by atoms with E-state index in [1.165, 1.54) is 0 Å². The summed E-state index contributed by atoms with van der Waals surface area (Å²) >= 11 is 0. The number of allylic oxidation sites excluding steroid dienone is 1. The third kappa shape index (κ3) is 2.69. The average molecular weight is 204 g/mol. The maximum absolute atomic E-state index is 10.7. The van der Waals surface area contributed by atoms with Gasteiger partial charge in [-0.3, -0.25) is 4.79 Å². The number of hydrogen-bond donors (Lipinski definition) is 0. The van der Waals surface area contributed by atoms with Crippen LogP contribution in [-0.2, 0) is 6.42 Å². The van der Waals surface area contributed by atoms with Gasteiger partial charge in [-0.1, -0.05) is 6.08 Å². The molecule has 0 aromatic heterocycles. The number of aryl methyl sites for hydroxylation is 1. The molecule has 0 unspecified atom stereocenters. The number of benzene rings is 1. The van der Waals surface area contributed by atoms with Crippen molar-refractivity contribution >= 4 is 6.29 Å². The Morgan fingerprint density at radius 2 is 2.20 bits per heavy atom. The Labute approximate surface area is 90.6 Å². The molecule has 1 aromatic carbocycles. The van der Waals surface area contributed by atoms with Crippen LogP contribution in [0.1, 0.15) is 28.4 Å². The maximum Gasteiger partial charge on any atom is 0.150 e. The highest BCUT2D eigenvalue weighted by Gasteiger charge is 2.07. The van der Waals surface area contributed by atoms with Crippen LogP contribution in [0.3, 0.4) is 0 Å². The Balaban J connectivity index is 3.21. The Bertz CT molecular complexity index is 367. The van der Waals surface area contributed by atoms with Crippen LogP contribution in [0.4, 0.5) is 0 Å². The molecule has 0 N–H and O–H groups in total. The minimum absolute atomic E-state index is 0.630. The molecule has 0 saturated carbocycles. The van der Waals surface area contributed by atoms with Crippen molar-refractivity contribution in [1.82, 2.24) is 0 Å². The zero-order valence-electron chi connectivity index (χ0n) is 9.25. The summed E-state index contributed by atoms with van der Waals surface area (Å²) in [7, 11) is 0. The summed E-state index contributed by atoms with van der Waals surface area (Å²) < 4.78 is 5.56. The smallest absolute Gasteiger partial charge is 0.150 e. The molecule has 0 aliphatic rings. The molecule has 0 fully saturated rings. The van der Waals surface area contributed by atoms with Gasteiger partial charge in [0.1, 0.15) is 12.0 Å². The highest BCUT2D eigenvalue weighted by molar-refractivity contribution is 5.76. The van der Waals surface area contributed by atoms with Gasteiger partial charge in [0.25, 0.3) is 0 Å². The zero-order valence-corrected chi connectivity index (χ0v) is 9.25. The molecule has 0 saturated heterocycles. The summed E-state index contributed by atoms with van der Waals surface area (Å²) in [5, 5.41) is 0. The van der Waals surface area contributed by atoms with Gasteiger partial charge < -0.3 is 4.74 Å². The highest BCUT2D eigenvalue weighted by Crippen LogP contribution is 2.25. The van der Waals surface area contributed by atoms with Gasteiger partial charge in [0.05, 0.1) is 6.61 Å². The van der Waals surface area contributed by atoms with Crippen LogP contribution < -0.4 is 4.74 Å². The molecule has 0 radical (unpaired) electrons. The summed E-state index contributed by atoms with van der Waals surface area (Å²) in [6, 6.07) is 3.69. The third-order valence-corrected chi connectivity index (χ3v) is 2.16. The monoisotopic (exact) mass is 204 g/mol.